The highest BCUT2D eigenvalue weighted by atomic mass is 16.1. The lowest BCUT2D eigenvalue weighted by atomic mass is 10.2. The predicted molar refractivity (Wildman–Crippen MR) is 51.5 cm³/mol. The number of nitrogens with one attached hydrogen (secondary N) is 2. The first-order valence-corrected chi connectivity index (χ1v) is 4.71. The summed E-state index contributed by atoms with van der Waals surface area (Å²) in [5.41, 5.74) is 1.15. The van der Waals surface area contributed by atoms with Crippen LogP contribution in [0.5, 0.6) is 0 Å². The first-order valence-electron chi connectivity index (χ1n) is 4.71. The lowest BCUT2D eigenvalue weighted by molar-refractivity contribution is -0.119. The van der Waals surface area contributed by atoms with Gasteiger partial charge in [-0.3, -0.25) is 9.48 Å². The Labute approximate surface area is 82.5 Å². The molecular formula is C9H14N4O. The predicted octanol–water partition coefficient (Wildman–Crippen LogP) is -0.602. The van der Waals surface area contributed by atoms with E-state index in [0.29, 0.717) is 6.42 Å². The van der Waals surface area contributed by atoms with Crippen molar-refractivity contribution in [2.45, 2.75) is 19.0 Å². The Morgan fingerprint density at radius 1 is 1.79 bits per heavy atom. The number of rotatable bonds is 3. The first-order chi connectivity index (χ1) is 6.74. The van der Waals surface area contributed by atoms with Crippen LogP contribution in [0, 0.1) is 0 Å². The lowest BCUT2D eigenvalue weighted by Crippen LogP contribution is -2.30. The highest BCUT2D eigenvalue weighted by Crippen LogP contribution is 2.01. The molecule has 2 heterocycles. The van der Waals surface area contributed by atoms with E-state index in [1.54, 1.807) is 4.68 Å². The van der Waals surface area contributed by atoms with Crippen LogP contribution in [-0.4, -0.2) is 28.3 Å². The zero-order valence-corrected chi connectivity index (χ0v) is 8.16. The number of hydrogen-bond acceptors (Lipinski definition) is 3. The molecule has 1 aromatic rings. The van der Waals surface area contributed by atoms with Gasteiger partial charge in [0, 0.05) is 44.4 Å². The van der Waals surface area contributed by atoms with Gasteiger partial charge < -0.3 is 10.6 Å². The maximum absolute atomic E-state index is 10.9. The van der Waals surface area contributed by atoms with Crippen LogP contribution in [0.1, 0.15) is 12.0 Å². The second kappa shape index (κ2) is 3.79. The van der Waals surface area contributed by atoms with Gasteiger partial charge in [-0.25, -0.2) is 0 Å². The number of aryl methyl sites for hydroxylation is 1. The molecule has 1 atom stereocenters. The highest BCUT2D eigenvalue weighted by Gasteiger charge is 2.20. The Bertz CT molecular complexity index is 333. The minimum atomic E-state index is 0.133. The third-order valence-corrected chi connectivity index (χ3v) is 2.33. The van der Waals surface area contributed by atoms with Crippen molar-refractivity contribution in [1.29, 1.82) is 0 Å². The summed E-state index contributed by atoms with van der Waals surface area (Å²) in [5, 5.41) is 10.2. The number of nitrogens with zero attached hydrogens (tertiary/aromatic N) is 2. The van der Waals surface area contributed by atoms with E-state index in [-0.39, 0.29) is 11.9 Å². The molecule has 0 saturated carbocycles. The maximum Gasteiger partial charge on any atom is 0.221 e. The number of carbonyl (C=O) groups excluding carboxylic acids is 1. The van der Waals surface area contributed by atoms with Gasteiger partial charge in [0.25, 0.3) is 0 Å². The van der Waals surface area contributed by atoms with Gasteiger partial charge in [-0.15, -0.1) is 0 Å². The Balaban J connectivity index is 1.80. The average Bonchev–Trinajstić information content (AvgIpc) is 2.72. The maximum atomic E-state index is 10.9. The molecule has 1 aliphatic rings. The molecule has 0 aromatic carbocycles. The van der Waals surface area contributed by atoms with Crippen molar-refractivity contribution in [3.05, 3.63) is 18.0 Å². The van der Waals surface area contributed by atoms with E-state index in [1.165, 1.54) is 0 Å². The van der Waals surface area contributed by atoms with Gasteiger partial charge in [-0.05, 0) is 0 Å². The van der Waals surface area contributed by atoms with Gasteiger partial charge in [0.15, 0.2) is 0 Å². The van der Waals surface area contributed by atoms with Gasteiger partial charge in [0.05, 0.1) is 6.20 Å². The van der Waals surface area contributed by atoms with Crippen molar-refractivity contribution in [2.24, 2.45) is 7.05 Å². The highest BCUT2D eigenvalue weighted by molar-refractivity contribution is 5.78. The van der Waals surface area contributed by atoms with Crippen LogP contribution in [0.4, 0.5) is 0 Å². The molecule has 2 rings (SSSR count). The fourth-order valence-electron chi connectivity index (χ4n) is 1.57. The van der Waals surface area contributed by atoms with Crippen LogP contribution in [0.25, 0.3) is 0 Å². The molecule has 1 amide bonds. The summed E-state index contributed by atoms with van der Waals surface area (Å²) in [6, 6.07) is 0.266. The van der Waals surface area contributed by atoms with Gasteiger partial charge in [-0.1, -0.05) is 0 Å². The summed E-state index contributed by atoms with van der Waals surface area (Å²) in [5.74, 6) is 0.133. The van der Waals surface area contributed by atoms with Crippen molar-refractivity contribution in [1.82, 2.24) is 20.4 Å². The van der Waals surface area contributed by atoms with Gasteiger partial charge >= 0.3 is 0 Å². The summed E-state index contributed by atoms with van der Waals surface area (Å²) in [6.07, 6.45) is 4.38. The van der Waals surface area contributed by atoms with Crippen molar-refractivity contribution in [3.8, 4) is 0 Å². The summed E-state index contributed by atoms with van der Waals surface area (Å²) < 4.78 is 1.77. The lowest BCUT2D eigenvalue weighted by Gasteiger charge is -2.07. The van der Waals surface area contributed by atoms with E-state index in [4.69, 9.17) is 0 Å². The van der Waals surface area contributed by atoms with Crippen molar-refractivity contribution < 1.29 is 4.79 Å². The topological polar surface area (TPSA) is 59.0 Å². The third kappa shape index (κ3) is 2.11. The van der Waals surface area contributed by atoms with Gasteiger partial charge in [0.1, 0.15) is 0 Å². The van der Waals surface area contributed by atoms with Crippen molar-refractivity contribution >= 4 is 5.91 Å². The molecule has 5 nitrogen and oxygen atoms in total. The monoisotopic (exact) mass is 194 g/mol. The minimum Gasteiger partial charge on any atom is -0.354 e. The molecule has 76 valence electrons. The van der Waals surface area contributed by atoms with Crippen LogP contribution < -0.4 is 10.6 Å². The molecule has 14 heavy (non-hydrogen) atoms. The van der Waals surface area contributed by atoms with E-state index in [1.807, 2.05) is 19.4 Å². The third-order valence-electron chi connectivity index (χ3n) is 2.33. The molecule has 0 bridgehead atoms. The van der Waals surface area contributed by atoms with Crippen molar-refractivity contribution in [2.75, 3.05) is 6.54 Å². The fraction of sp³-hybridized carbons (Fsp3) is 0.556. The van der Waals surface area contributed by atoms with E-state index in [2.05, 4.69) is 15.7 Å². The Kier molecular flexibility index (Phi) is 2.49. The van der Waals surface area contributed by atoms with E-state index in [0.717, 1.165) is 18.7 Å². The minimum absolute atomic E-state index is 0.133. The summed E-state index contributed by atoms with van der Waals surface area (Å²) in [7, 11) is 1.89. The molecule has 0 aliphatic carbocycles. The molecule has 5 heteroatoms. The number of aromatic nitrogens is 2. The molecule has 1 unspecified atom stereocenters. The smallest absolute Gasteiger partial charge is 0.221 e. The van der Waals surface area contributed by atoms with Crippen LogP contribution in [0.3, 0.4) is 0 Å². The molecule has 1 aliphatic heterocycles. The SMILES string of the molecule is Cn1cc(CNC2CNC(=O)C2)cn1. The van der Waals surface area contributed by atoms with Gasteiger partial charge in [0.2, 0.25) is 5.91 Å². The van der Waals surface area contributed by atoms with E-state index >= 15 is 0 Å². The summed E-state index contributed by atoms with van der Waals surface area (Å²) in [4.78, 5) is 10.9. The van der Waals surface area contributed by atoms with E-state index < -0.39 is 0 Å². The number of hydrogen-bond donors (Lipinski definition) is 2. The number of amides is 1. The summed E-state index contributed by atoms with van der Waals surface area (Å²) >= 11 is 0. The fourth-order valence-corrected chi connectivity index (χ4v) is 1.57. The van der Waals surface area contributed by atoms with Crippen molar-refractivity contribution in [3.63, 3.8) is 0 Å². The second-order valence-electron chi connectivity index (χ2n) is 3.61. The van der Waals surface area contributed by atoms with Crippen LogP contribution in [-0.2, 0) is 18.4 Å². The van der Waals surface area contributed by atoms with Crippen LogP contribution >= 0.6 is 0 Å². The number of carbonyl (C=O) groups is 1. The molecule has 1 aromatic heterocycles. The molecule has 2 N–H and O–H groups in total. The zero-order valence-electron chi connectivity index (χ0n) is 8.16. The van der Waals surface area contributed by atoms with Gasteiger partial charge in [-0.2, -0.15) is 5.10 Å². The normalized spacial score (nSPS) is 21.2. The van der Waals surface area contributed by atoms with E-state index in [9.17, 15) is 4.79 Å². The first kappa shape index (κ1) is 9.21. The Morgan fingerprint density at radius 3 is 3.21 bits per heavy atom. The zero-order chi connectivity index (χ0) is 9.97. The van der Waals surface area contributed by atoms with Crippen LogP contribution in [0.15, 0.2) is 12.4 Å². The molecule has 1 saturated heterocycles. The average molecular weight is 194 g/mol. The molecule has 0 spiro atoms. The molecule has 1 fully saturated rings. The second-order valence-corrected chi connectivity index (χ2v) is 3.61. The quantitative estimate of drug-likeness (QED) is 0.675. The standard InChI is InChI=1S/C9H14N4O/c1-13-6-7(4-12-13)3-10-8-2-9(14)11-5-8/h4,6,8,10H,2-3,5H2,1H3,(H,11,14). The molecular weight excluding hydrogens is 180 g/mol. The molecule has 0 radical (unpaired) electrons. The van der Waals surface area contributed by atoms with Crippen LogP contribution in [0.2, 0.25) is 0 Å². The Hall–Kier alpha value is -1.36. The largest absolute Gasteiger partial charge is 0.354 e. The summed E-state index contributed by atoms with van der Waals surface area (Å²) in [6.45, 7) is 1.51. The Morgan fingerprint density at radius 2 is 2.64 bits per heavy atom.